The Morgan fingerprint density at radius 2 is 1.50 bits per heavy atom. The fourth-order valence-electron chi connectivity index (χ4n) is 2.13. The van der Waals surface area contributed by atoms with Gasteiger partial charge in [0, 0.05) is 18.5 Å². The first-order valence-electron chi connectivity index (χ1n) is 6.31. The van der Waals surface area contributed by atoms with Crippen LogP contribution < -0.4 is 0 Å². The van der Waals surface area contributed by atoms with E-state index in [0.29, 0.717) is 5.39 Å². The molecule has 108 valence electrons. The molecular formula is C14H17NO4S. The maximum atomic E-state index is 12.6. The molecular weight excluding hydrogens is 278 g/mol. The number of hydrogen-bond donors (Lipinski definition) is 2. The Balaban J connectivity index is 2.56. The van der Waals surface area contributed by atoms with E-state index in [0.717, 1.165) is 9.69 Å². The maximum Gasteiger partial charge on any atom is 0.243 e. The second-order valence-electron chi connectivity index (χ2n) is 4.33. The number of benzene rings is 2. The van der Waals surface area contributed by atoms with Gasteiger partial charge in [-0.1, -0.05) is 36.4 Å². The predicted molar refractivity (Wildman–Crippen MR) is 76.9 cm³/mol. The van der Waals surface area contributed by atoms with Gasteiger partial charge >= 0.3 is 0 Å². The van der Waals surface area contributed by atoms with Crippen LogP contribution in [0.5, 0.6) is 0 Å². The van der Waals surface area contributed by atoms with Crippen molar-refractivity contribution < 1.29 is 18.6 Å². The molecule has 0 aliphatic carbocycles. The second kappa shape index (κ2) is 6.32. The fourth-order valence-corrected chi connectivity index (χ4v) is 3.77. The van der Waals surface area contributed by atoms with Gasteiger partial charge in [-0.2, -0.15) is 4.31 Å². The molecule has 0 radical (unpaired) electrons. The van der Waals surface area contributed by atoms with Crippen LogP contribution in [0.2, 0.25) is 0 Å². The number of aliphatic hydroxyl groups excluding tert-OH is 2. The van der Waals surface area contributed by atoms with Crippen molar-refractivity contribution in [2.24, 2.45) is 0 Å². The van der Waals surface area contributed by atoms with Crippen molar-refractivity contribution in [3.8, 4) is 0 Å². The summed E-state index contributed by atoms with van der Waals surface area (Å²) >= 11 is 0. The van der Waals surface area contributed by atoms with Gasteiger partial charge in [0.2, 0.25) is 10.0 Å². The van der Waals surface area contributed by atoms with Crippen molar-refractivity contribution in [1.82, 2.24) is 4.31 Å². The van der Waals surface area contributed by atoms with Gasteiger partial charge in [-0.3, -0.25) is 0 Å². The Bertz CT molecular complexity index is 673. The number of aliphatic hydroxyl groups is 2. The normalized spacial score (nSPS) is 12.2. The van der Waals surface area contributed by atoms with Crippen molar-refractivity contribution in [1.29, 1.82) is 0 Å². The first-order valence-corrected chi connectivity index (χ1v) is 7.75. The SMILES string of the molecule is O=S(=O)(c1cccc2ccccc12)N(CCO)CCO. The van der Waals surface area contributed by atoms with Crippen LogP contribution >= 0.6 is 0 Å². The number of sulfonamides is 1. The molecule has 0 spiro atoms. The van der Waals surface area contributed by atoms with Crippen molar-refractivity contribution in [2.45, 2.75) is 4.90 Å². The van der Waals surface area contributed by atoms with Gasteiger partial charge in [0.25, 0.3) is 0 Å². The Morgan fingerprint density at radius 1 is 0.900 bits per heavy atom. The van der Waals surface area contributed by atoms with Gasteiger partial charge in [-0.05, 0) is 11.5 Å². The summed E-state index contributed by atoms with van der Waals surface area (Å²) in [5.41, 5.74) is 0. The minimum atomic E-state index is -3.74. The standard InChI is InChI=1S/C14H17NO4S/c16-10-8-15(9-11-17)20(18,19)14-7-3-5-12-4-1-2-6-13(12)14/h1-7,16-17H,8-11H2. The zero-order valence-electron chi connectivity index (χ0n) is 10.9. The molecule has 0 unspecified atom stereocenters. The summed E-state index contributed by atoms with van der Waals surface area (Å²) in [6, 6.07) is 12.3. The number of nitrogens with zero attached hydrogens (tertiary/aromatic N) is 1. The van der Waals surface area contributed by atoms with E-state index >= 15 is 0 Å². The smallest absolute Gasteiger partial charge is 0.243 e. The monoisotopic (exact) mass is 295 g/mol. The predicted octanol–water partition coefficient (Wildman–Crippen LogP) is 0.815. The minimum Gasteiger partial charge on any atom is -0.395 e. The van der Waals surface area contributed by atoms with Crippen LogP contribution in [0.25, 0.3) is 10.8 Å². The molecule has 2 N–H and O–H groups in total. The van der Waals surface area contributed by atoms with E-state index in [-0.39, 0.29) is 31.2 Å². The lowest BCUT2D eigenvalue weighted by Gasteiger charge is -2.21. The molecule has 0 atom stereocenters. The van der Waals surface area contributed by atoms with Gasteiger partial charge < -0.3 is 10.2 Å². The van der Waals surface area contributed by atoms with Gasteiger partial charge in [-0.15, -0.1) is 0 Å². The quantitative estimate of drug-likeness (QED) is 0.827. The van der Waals surface area contributed by atoms with E-state index in [1.165, 1.54) is 0 Å². The third-order valence-corrected chi connectivity index (χ3v) is 5.02. The first-order chi connectivity index (χ1) is 9.61. The molecule has 0 aliphatic heterocycles. The zero-order chi connectivity index (χ0) is 14.6. The van der Waals surface area contributed by atoms with Crippen molar-refractivity contribution in [3.05, 3.63) is 42.5 Å². The molecule has 6 heteroatoms. The molecule has 0 aliphatic rings. The highest BCUT2D eigenvalue weighted by Gasteiger charge is 2.25. The van der Waals surface area contributed by atoms with E-state index in [1.54, 1.807) is 24.3 Å². The van der Waals surface area contributed by atoms with Crippen LogP contribution in [-0.2, 0) is 10.0 Å². The maximum absolute atomic E-state index is 12.6. The molecule has 2 rings (SSSR count). The van der Waals surface area contributed by atoms with Crippen LogP contribution in [0.1, 0.15) is 0 Å². The average molecular weight is 295 g/mol. The van der Waals surface area contributed by atoms with E-state index in [4.69, 9.17) is 10.2 Å². The Hall–Kier alpha value is -1.47. The molecule has 0 amide bonds. The van der Waals surface area contributed by atoms with E-state index in [2.05, 4.69) is 0 Å². The highest BCUT2D eigenvalue weighted by atomic mass is 32.2. The lowest BCUT2D eigenvalue weighted by molar-refractivity contribution is 0.217. The molecule has 0 heterocycles. The van der Waals surface area contributed by atoms with Crippen LogP contribution in [-0.4, -0.2) is 49.2 Å². The number of hydrogen-bond acceptors (Lipinski definition) is 4. The summed E-state index contributed by atoms with van der Waals surface area (Å²) in [5.74, 6) is 0. The second-order valence-corrected chi connectivity index (χ2v) is 6.23. The van der Waals surface area contributed by atoms with Crippen LogP contribution in [0.4, 0.5) is 0 Å². The molecule has 0 saturated heterocycles. The zero-order valence-corrected chi connectivity index (χ0v) is 11.8. The Labute approximate surface area is 118 Å². The van der Waals surface area contributed by atoms with Crippen LogP contribution in [0.15, 0.2) is 47.4 Å². The molecule has 2 aromatic carbocycles. The fraction of sp³-hybridized carbons (Fsp3) is 0.286. The van der Waals surface area contributed by atoms with E-state index in [1.807, 2.05) is 18.2 Å². The minimum absolute atomic E-state index is 0.0356. The third kappa shape index (κ3) is 2.83. The lowest BCUT2D eigenvalue weighted by Crippen LogP contribution is -2.35. The molecule has 0 fully saturated rings. The van der Waals surface area contributed by atoms with E-state index < -0.39 is 10.0 Å². The number of rotatable bonds is 6. The average Bonchev–Trinajstić information content (AvgIpc) is 2.46. The molecule has 5 nitrogen and oxygen atoms in total. The molecule has 0 aromatic heterocycles. The Morgan fingerprint density at radius 3 is 2.15 bits per heavy atom. The summed E-state index contributed by atoms with van der Waals surface area (Å²) in [5, 5.41) is 19.5. The third-order valence-electron chi connectivity index (χ3n) is 3.07. The molecule has 0 bridgehead atoms. The largest absolute Gasteiger partial charge is 0.395 e. The summed E-state index contributed by atoms with van der Waals surface area (Å²) in [6.45, 7) is -0.647. The summed E-state index contributed by atoms with van der Waals surface area (Å²) in [7, 11) is -3.74. The first kappa shape index (κ1) is 14.9. The number of fused-ring (bicyclic) bond motifs is 1. The highest BCUT2D eigenvalue weighted by molar-refractivity contribution is 7.89. The lowest BCUT2D eigenvalue weighted by atomic mass is 10.1. The van der Waals surface area contributed by atoms with Crippen molar-refractivity contribution in [2.75, 3.05) is 26.3 Å². The van der Waals surface area contributed by atoms with Gasteiger partial charge in [0.1, 0.15) is 0 Å². The molecule has 20 heavy (non-hydrogen) atoms. The van der Waals surface area contributed by atoms with Gasteiger partial charge in [-0.25, -0.2) is 8.42 Å². The summed E-state index contributed by atoms with van der Waals surface area (Å²) in [4.78, 5) is 0.192. The van der Waals surface area contributed by atoms with Crippen LogP contribution in [0.3, 0.4) is 0 Å². The highest BCUT2D eigenvalue weighted by Crippen LogP contribution is 2.25. The van der Waals surface area contributed by atoms with Crippen LogP contribution in [0, 0.1) is 0 Å². The molecule has 0 saturated carbocycles. The Kier molecular flexibility index (Phi) is 4.72. The topological polar surface area (TPSA) is 77.8 Å². The summed E-state index contributed by atoms with van der Waals surface area (Å²) in [6.07, 6.45) is 0. The van der Waals surface area contributed by atoms with Gasteiger partial charge in [0.15, 0.2) is 0 Å². The van der Waals surface area contributed by atoms with Gasteiger partial charge in [0.05, 0.1) is 18.1 Å². The van der Waals surface area contributed by atoms with E-state index in [9.17, 15) is 8.42 Å². The summed E-state index contributed by atoms with van der Waals surface area (Å²) < 4.78 is 26.4. The molecule has 2 aromatic rings. The van der Waals surface area contributed by atoms with Crippen molar-refractivity contribution in [3.63, 3.8) is 0 Å². The van der Waals surface area contributed by atoms with Crippen molar-refractivity contribution >= 4 is 20.8 Å².